The number of hydrogen-bond donors (Lipinski definition) is 1. The number of aliphatic carboxylic acids is 1. The van der Waals surface area contributed by atoms with E-state index in [4.69, 9.17) is 5.11 Å². The Kier molecular flexibility index (Phi) is 7.59. The van der Waals surface area contributed by atoms with Gasteiger partial charge in [-0.05, 0) is 88.1 Å². The summed E-state index contributed by atoms with van der Waals surface area (Å²) in [5.74, 6) is 0.438. The molecule has 2 heterocycles. The Morgan fingerprint density at radius 1 is 1.13 bits per heavy atom. The second-order valence-electron chi connectivity index (χ2n) is 8.97. The maximum absolute atomic E-state index is 13.3. The van der Waals surface area contributed by atoms with Crippen LogP contribution in [0.5, 0.6) is 0 Å². The van der Waals surface area contributed by atoms with E-state index in [1.54, 1.807) is 9.25 Å². The predicted octanol–water partition coefficient (Wildman–Crippen LogP) is 3.39. The Bertz CT molecular complexity index is 976. The molecular weight excluding hydrogens is 416 g/mol. The molecule has 31 heavy (non-hydrogen) atoms. The first kappa shape index (κ1) is 23.5. The van der Waals surface area contributed by atoms with E-state index in [0.717, 1.165) is 69.5 Å². The SMILES string of the molecule is Cc1nn([C@H]2CC[C@H](CCC(=O)O)CC2)c(=O)n1-c1ccc2c(c1)CCN(C)CC2.Cl. The molecule has 0 bridgehead atoms. The normalized spacial score (nSPS) is 21.7. The fraction of sp³-hybridized carbons (Fsp3) is 0.609. The Morgan fingerprint density at radius 2 is 1.81 bits per heavy atom. The van der Waals surface area contributed by atoms with Gasteiger partial charge in [0.15, 0.2) is 0 Å². The molecule has 1 aliphatic carbocycles. The molecule has 7 nitrogen and oxygen atoms in total. The Labute approximate surface area is 189 Å². The van der Waals surface area contributed by atoms with Gasteiger partial charge in [0, 0.05) is 19.5 Å². The van der Waals surface area contributed by atoms with Crippen molar-refractivity contribution in [1.29, 1.82) is 0 Å². The van der Waals surface area contributed by atoms with Gasteiger partial charge in [-0.2, -0.15) is 5.10 Å². The molecule has 1 aromatic carbocycles. The Hall–Kier alpha value is -2.12. The second kappa shape index (κ2) is 10.0. The highest BCUT2D eigenvalue weighted by Crippen LogP contribution is 2.33. The Balaban J connectivity index is 0.00000272. The number of aromatic nitrogens is 3. The molecule has 2 aliphatic rings. The van der Waals surface area contributed by atoms with Gasteiger partial charge in [0.25, 0.3) is 0 Å². The molecule has 1 saturated carbocycles. The summed E-state index contributed by atoms with van der Waals surface area (Å²) in [5.41, 5.74) is 3.55. The van der Waals surface area contributed by atoms with Crippen molar-refractivity contribution >= 4 is 18.4 Å². The van der Waals surface area contributed by atoms with E-state index in [-0.39, 0.29) is 30.6 Å². The van der Waals surface area contributed by atoms with Crippen LogP contribution in [0.15, 0.2) is 23.0 Å². The lowest BCUT2D eigenvalue weighted by Crippen LogP contribution is -2.30. The maximum Gasteiger partial charge on any atom is 0.350 e. The molecular formula is C23H33ClN4O3. The van der Waals surface area contributed by atoms with Gasteiger partial charge in [0.2, 0.25) is 0 Å². The largest absolute Gasteiger partial charge is 0.481 e. The van der Waals surface area contributed by atoms with E-state index in [0.29, 0.717) is 5.92 Å². The molecule has 0 unspecified atom stereocenters. The van der Waals surface area contributed by atoms with Crippen LogP contribution in [0.4, 0.5) is 0 Å². The summed E-state index contributed by atoms with van der Waals surface area (Å²) in [6.45, 7) is 4.00. The van der Waals surface area contributed by atoms with Crippen LogP contribution in [-0.4, -0.2) is 50.5 Å². The summed E-state index contributed by atoms with van der Waals surface area (Å²) in [6.07, 6.45) is 6.71. The third-order valence-corrected chi connectivity index (χ3v) is 6.87. The number of aryl methyl sites for hydroxylation is 1. The summed E-state index contributed by atoms with van der Waals surface area (Å²) < 4.78 is 3.41. The van der Waals surface area contributed by atoms with Crippen molar-refractivity contribution in [2.24, 2.45) is 5.92 Å². The lowest BCUT2D eigenvalue weighted by atomic mass is 9.83. The molecule has 1 aromatic heterocycles. The number of hydrogen-bond acceptors (Lipinski definition) is 4. The number of carboxylic acids is 1. The average Bonchev–Trinajstić information content (AvgIpc) is 2.90. The third-order valence-electron chi connectivity index (χ3n) is 6.87. The quantitative estimate of drug-likeness (QED) is 0.758. The molecule has 0 atom stereocenters. The number of halogens is 1. The fourth-order valence-electron chi connectivity index (χ4n) is 4.99. The number of carbonyl (C=O) groups is 1. The number of rotatable bonds is 5. The molecule has 0 radical (unpaired) electrons. The number of nitrogens with zero attached hydrogens (tertiary/aromatic N) is 4. The minimum Gasteiger partial charge on any atom is -0.481 e. The van der Waals surface area contributed by atoms with Gasteiger partial charge in [-0.15, -0.1) is 12.4 Å². The van der Waals surface area contributed by atoms with Crippen molar-refractivity contribution in [2.45, 2.75) is 64.3 Å². The summed E-state index contributed by atoms with van der Waals surface area (Å²) in [6, 6.07) is 6.49. The highest BCUT2D eigenvalue weighted by molar-refractivity contribution is 5.85. The van der Waals surface area contributed by atoms with Gasteiger partial charge in [-0.25, -0.2) is 14.0 Å². The summed E-state index contributed by atoms with van der Waals surface area (Å²) in [4.78, 5) is 26.4. The zero-order valence-electron chi connectivity index (χ0n) is 18.4. The lowest BCUT2D eigenvalue weighted by Gasteiger charge is -2.27. The number of carboxylic acid groups (broad SMARTS) is 1. The lowest BCUT2D eigenvalue weighted by molar-refractivity contribution is -0.137. The van der Waals surface area contributed by atoms with Crippen molar-refractivity contribution in [3.05, 3.63) is 45.6 Å². The van der Waals surface area contributed by atoms with E-state index >= 15 is 0 Å². The Morgan fingerprint density at radius 3 is 2.48 bits per heavy atom. The van der Waals surface area contributed by atoms with Gasteiger partial charge in [-0.3, -0.25) is 4.79 Å². The zero-order chi connectivity index (χ0) is 21.3. The van der Waals surface area contributed by atoms with Gasteiger partial charge < -0.3 is 10.0 Å². The highest BCUT2D eigenvalue weighted by atomic mass is 35.5. The van der Waals surface area contributed by atoms with Crippen LogP contribution in [0, 0.1) is 12.8 Å². The van der Waals surface area contributed by atoms with Crippen LogP contribution >= 0.6 is 12.4 Å². The van der Waals surface area contributed by atoms with Crippen molar-refractivity contribution in [1.82, 2.24) is 19.2 Å². The van der Waals surface area contributed by atoms with Gasteiger partial charge in [0.05, 0.1) is 11.7 Å². The summed E-state index contributed by atoms with van der Waals surface area (Å²) in [7, 11) is 2.15. The first-order chi connectivity index (χ1) is 14.4. The average molecular weight is 449 g/mol. The molecule has 2 aromatic rings. The van der Waals surface area contributed by atoms with Crippen LogP contribution < -0.4 is 5.69 Å². The minimum atomic E-state index is -0.727. The van der Waals surface area contributed by atoms with E-state index in [9.17, 15) is 9.59 Å². The monoisotopic (exact) mass is 448 g/mol. The van der Waals surface area contributed by atoms with Crippen LogP contribution in [0.2, 0.25) is 0 Å². The zero-order valence-corrected chi connectivity index (χ0v) is 19.2. The van der Waals surface area contributed by atoms with E-state index in [1.807, 2.05) is 13.0 Å². The summed E-state index contributed by atoms with van der Waals surface area (Å²) >= 11 is 0. The molecule has 1 aliphatic heterocycles. The second-order valence-corrected chi connectivity index (χ2v) is 8.97. The van der Waals surface area contributed by atoms with Crippen molar-refractivity contribution in [3.8, 4) is 5.69 Å². The van der Waals surface area contributed by atoms with E-state index < -0.39 is 5.97 Å². The number of fused-ring (bicyclic) bond motifs is 1. The molecule has 1 fully saturated rings. The van der Waals surface area contributed by atoms with Crippen LogP contribution in [0.3, 0.4) is 0 Å². The van der Waals surface area contributed by atoms with E-state index in [1.165, 1.54) is 11.1 Å². The maximum atomic E-state index is 13.3. The highest BCUT2D eigenvalue weighted by Gasteiger charge is 2.26. The number of benzene rings is 1. The molecule has 4 rings (SSSR count). The predicted molar refractivity (Wildman–Crippen MR) is 123 cm³/mol. The molecule has 0 amide bonds. The molecule has 1 N–H and O–H groups in total. The molecule has 170 valence electrons. The third kappa shape index (κ3) is 5.21. The minimum absolute atomic E-state index is 0. The van der Waals surface area contributed by atoms with Gasteiger partial charge >= 0.3 is 11.7 Å². The first-order valence-corrected chi connectivity index (χ1v) is 11.1. The topological polar surface area (TPSA) is 80.4 Å². The fourth-order valence-corrected chi connectivity index (χ4v) is 4.99. The number of likely N-dealkylation sites (N-methyl/N-ethyl adjacent to an activating group) is 1. The summed E-state index contributed by atoms with van der Waals surface area (Å²) in [5, 5.41) is 13.5. The van der Waals surface area contributed by atoms with E-state index in [2.05, 4.69) is 29.2 Å². The van der Waals surface area contributed by atoms with Crippen LogP contribution in [0.1, 0.15) is 61.5 Å². The standard InChI is InChI=1S/C23H32N4O3.ClH/c1-16-24-27(20-7-3-17(4-8-20)5-10-22(28)29)23(30)26(16)21-9-6-18-11-13-25(2)14-12-19(18)15-21;/h6,9,15,17,20H,3-5,7-8,10-14H2,1-2H3,(H,28,29);1H/t17-,20-;. The molecule has 0 saturated heterocycles. The van der Waals surface area contributed by atoms with Gasteiger partial charge in [-0.1, -0.05) is 6.07 Å². The van der Waals surface area contributed by atoms with Crippen LogP contribution in [-0.2, 0) is 17.6 Å². The molecule has 0 spiro atoms. The smallest absolute Gasteiger partial charge is 0.350 e. The molecule has 8 heteroatoms. The van der Waals surface area contributed by atoms with Crippen molar-refractivity contribution < 1.29 is 9.90 Å². The first-order valence-electron chi connectivity index (χ1n) is 11.1. The van der Waals surface area contributed by atoms with Gasteiger partial charge in [0.1, 0.15) is 5.82 Å². The van der Waals surface area contributed by atoms with Crippen molar-refractivity contribution in [2.75, 3.05) is 20.1 Å². The van der Waals surface area contributed by atoms with Crippen LogP contribution in [0.25, 0.3) is 5.69 Å². The van der Waals surface area contributed by atoms with Crippen molar-refractivity contribution in [3.63, 3.8) is 0 Å².